The minimum Gasteiger partial charge on any atom is -0.480 e. The Morgan fingerprint density at radius 1 is 1.35 bits per heavy atom. The van der Waals surface area contributed by atoms with E-state index in [0.717, 1.165) is 38.1 Å². The second-order valence-corrected chi connectivity index (χ2v) is 5.28. The molecule has 3 nitrogen and oxygen atoms in total. The number of aliphatic carboxylic acids is 1. The molecule has 0 radical (unpaired) electrons. The van der Waals surface area contributed by atoms with E-state index in [-0.39, 0.29) is 6.04 Å². The molecule has 1 rings (SSSR count). The summed E-state index contributed by atoms with van der Waals surface area (Å²) in [5, 5.41) is 12.3. The molecule has 1 saturated carbocycles. The van der Waals surface area contributed by atoms with Crippen molar-refractivity contribution in [2.75, 3.05) is 6.54 Å². The van der Waals surface area contributed by atoms with Gasteiger partial charge in [0, 0.05) is 0 Å². The Kier molecular flexibility index (Phi) is 7.25. The molecule has 17 heavy (non-hydrogen) atoms. The summed E-state index contributed by atoms with van der Waals surface area (Å²) in [6.45, 7) is 2.96. The van der Waals surface area contributed by atoms with Crippen LogP contribution >= 0.6 is 0 Å². The SMILES string of the molecule is CCCCC(NCCC1CCCCC1)C(=O)O. The molecule has 0 saturated heterocycles. The topological polar surface area (TPSA) is 49.3 Å². The number of unbranched alkanes of at least 4 members (excludes halogenated alkanes) is 1. The predicted octanol–water partition coefficient (Wildman–Crippen LogP) is 3.19. The Labute approximate surface area is 105 Å². The van der Waals surface area contributed by atoms with Crippen molar-refractivity contribution in [2.45, 2.75) is 70.8 Å². The minimum absolute atomic E-state index is 0.335. The smallest absolute Gasteiger partial charge is 0.320 e. The first-order valence-corrected chi connectivity index (χ1v) is 7.20. The van der Waals surface area contributed by atoms with Gasteiger partial charge in [-0.2, -0.15) is 0 Å². The van der Waals surface area contributed by atoms with Crippen LogP contribution in [0.4, 0.5) is 0 Å². The van der Waals surface area contributed by atoms with Crippen molar-refractivity contribution in [3.63, 3.8) is 0 Å². The highest BCUT2D eigenvalue weighted by atomic mass is 16.4. The molecular weight excluding hydrogens is 214 g/mol. The van der Waals surface area contributed by atoms with Gasteiger partial charge in [-0.3, -0.25) is 4.79 Å². The molecule has 1 aliphatic rings. The van der Waals surface area contributed by atoms with E-state index in [4.69, 9.17) is 5.11 Å². The van der Waals surface area contributed by atoms with Gasteiger partial charge < -0.3 is 10.4 Å². The minimum atomic E-state index is -0.693. The molecule has 0 heterocycles. The molecule has 0 spiro atoms. The highest BCUT2D eigenvalue weighted by Crippen LogP contribution is 2.25. The van der Waals surface area contributed by atoms with Crippen molar-refractivity contribution in [3.05, 3.63) is 0 Å². The van der Waals surface area contributed by atoms with Gasteiger partial charge in [0.1, 0.15) is 6.04 Å². The molecule has 1 unspecified atom stereocenters. The number of hydrogen-bond donors (Lipinski definition) is 2. The highest BCUT2D eigenvalue weighted by molar-refractivity contribution is 5.73. The van der Waals surface area contributed by atoms with Crippen LogP contribution < -0.4 is 5.32 Å². The molecule has 0 aliphatic heterocycles. The Balaban J connectivity index is 2.14. The van der Waals surface area contributed by atoms with Crippen molar-refractivity contribution in [1.82, 2.24) is 5.32 Å². The maximum Gasteiger partial charge on any atom is 0.320 e. The average molecular weight is 241 g/mol. The van der Waals surface area contributed by atoms with E-state index in [1.807, 2.05) is 0 Å². The van der Waals surface area contributed by atoms with Crippen molar-refractivity contribution in [1.29, 1.82) is 0 Å². The summed E-state index contributed by atoms with van der Waals surface area (Å²) in [4.78, 5) is 11.0. The summed E-state index contributed by atoms with van der Waals surface area (Å²) in [5.41, 5.74) is 0. The largest absolute Gasteiger partial charge is 0.480 e. The summed E-state index contributed by atoms with van der Waals surface area (Å²) in [7, 11) is 0. The van der Waals surface area contributed by atoms with Gasteiger partial charge in [-0.05, 0) is 25.3 Å². The van der Waals surface area contributed by atoms with Crippen molar-refractivity contribution in [2.24, 2.45) is 5.92 Å². The average Bonchev–Trinajstić information content (AvgIpc) is 2.34. The first-order valence-electron chi connectivity index (χ1n) is 7.20. The predicted molar refractivity (Wildman–Crippen MR) is 70.1 cm³/mol. The van der Waals surface area contributed by atoms with Gasteiger partial charge in [0.2, 0.25) is 0 Å². The lowest BCUT2D eigenvalue weighted by atomic mass is 9.87. The monoisotopic (exact) mass is 241 g/mol. The Morgan fingerprint density at radius 3 is 2.65 bits per heavy atom. The molecular formula is C14H27NO2. The zero-order chi connectivity index (χ0) is 12.5. The van der Waals surface area contributed by atoms with E-state index in [2.05, 4.69) is 12.2 Å². The molecule has 3 heteroatoms. The molecule has 1 atom stereocenters. The van der Waals surface area contributed by atoms with E-state index in [1.54, 1.807) is 0 Å². The third-order valence-corrected chi connectivity index (χ3v) is 3.81. The van der Waals surface area contributed by atoms with Crippen LogP contribution in [0.5, 0.6) is 0 Å². The number of carbonyl (C=O) groups is 1. The van der Waals surface area contributed by atoms with E-state index in [0.29, 0.717) is 0 Å². The van der Waals surface area contributed by atoms with Gasteiger partial charge in [0.25, 0.3) is 0 Å². The van der Waals surface area contributed by atoms with Gasteiger partial charge >= 0.3 is 5.97 Å². The molecule has 2 N–H and O–H groups in total. The van der Waals surface area contributed by atoms with Gasteiger partial charge in [0.15, 0.2) is 0 Å². The van der Waals surface area contributed by atoms with Crippen LogP contribution in [-0.2, 0) is 4.79 Å². The van der Waals surface area contributed by atoms with Crippen LogP contribution in [-0.4, -0.2) is 23.7 Å². The van der Waals surface area contributed by atoms with Gasteiger partial charge in [-0.1, -0.05) is 51.9 Å². The van der Waals surface area contributed by atoms with Crippen molar-refractivity contribution in [3.8, 4) is 0 Å². The number of rotatable bonds is 8. The van der Waals surface area contributed by atoms with E-state index in [9.17, 15) is 4.79 Å². The zero-order valence-corrected chi connectivity index (χ0v) is 11.1. The van der Waals surface area contributed by atoms with Crippen LogP contribution in [0.2, 0.25) is 0 Å². The third-order valence-electron chi connectivity index (χ3n) is 3.81. The second kappa shape index (κ2) is 8.51. The van der Waals surface area contributed by atoms with Gasteiger partial charge in [0.05, 0.1) is 0 Å². The fraction of sp³-hybridized carbons (Fsp3) is 0.929. The molecule has 0 amide bonds. The molecule has 0 aromatic rings. The molecule has 100 valence electrons. The first-order chi connectivity index (χ1) is 8.24. The summed E-state index contributed by atoms with van der Waals surface area (Å²) in [6.07, 6.45) is 10.8. The quantitative estimate of drug-likeness (QED) is 0.686. The Morgan fingerprint density at radius 2 is 2.06 bits per heavy atom. The van der Waals surface area contributed by atoms with Crippen LogP contribution in [0, 0.1) is 5.92 Å². The van der Waals surface area contributed by atoms with Gasteiger partial charge in [-0.25, -0.2) is 0 Å². The van der Waals surface area contributed by atoms with Crippen LogP contribution in [0.1, 0.15) is 64.7 Å². The zero-order valence-electron chi connectivity index (χ0n) is 11.1. The number of nitrogens with one attached hydrogen (secondary N) is 1. The third kappa shape index (κ3) is 6.06. The number of hydrogen-bond acceptors (Lipinski definition) is 2. The Hall–Kier alpha value is -0.570. The summed E-state index contributed by atoms with van der Waals surface area (Å²) >= 11 is 0. The molecule has 0 aromatic carbocycles. The fourth-order valence-corrected chi connectivity index (χ4v) is 2.66. The summed E-state index contributed by atoms with van der Waals surface area (Å²) in [6, 6.07) is -0.335. The molecule has 0 bridgehead atoms. The number of carboxylic acid groups (broad SMARTS) is 1. The van der Waals surface area contributed by atoms with Crippen molar-refractivity contribution >= 4 is 5.97 Å². The first kappa shape index (κ1) is 14.5. The van der Waals surface area contributed by atoms with E-state index < -0.39 is 5.97 Å². The van der Waals surface area contributed by atoms with E-state index >= 15 is 0 Å². The van der Waals surface area contributed by atoms with Crippen molar-refractivity contribution < 1.29 is 9.90 Å². The molecule has 0 aromatic heterocycles. The standard InChI is InChI=1S/C14H27NO2/c1-2-3-9-13(14(16)17)15-11-10-12-7-5-4-6-8-12/h12-13,15H,2-11H2,1H3,(H,16,17). The van der Waals surface area contributed by atoms with Crippen LogP contribution in [0.15, 0.2) is 0 Å². The Bertz CT molecular complexity index is 212. The lowest BCUT2D eigenvalue weighted by molar-refractivity contribution is -0.139. The number of carboxylic acids is 1. The highest BCUT2D eigenvalue weighted by Gasteiger charge is 2.17. The maximum absolute atomic E-state index is 11.0. The second-order valence-electron chi connectivity index (χ2n) is 5.28. The fourth-order valence-electron chi connectivity index (χ4n) is 2.66. The van der Waals surface area contributed by atoms with Gasteiger partial charge in [-0.15, -0.1) is 0 Å². The van der Waals surface area contributed by atoms with Crippen LogP contribution in [0.25, 0.3) is 0 Å². The molecule has 1 fully saturated rings. The summed E-state index contributed by atoms with van der Waals surface area (Å²) < 4.78 is 0. The lowest BCUT2D eigenvalue weighted by Crippen LogP contribution is -2.37. The lowest BCUT2D eigenvalue weighted by Gasteiger charge is -2.22. The van der Waals surface area contributed by atoms with Crippen LogP contribution in [0.3, 0.4) is 0 Å². The molecule has 1 aliphatic carbocycles. The summed E-state index contributed by atoms with van der Waals surface area (Å²) in [5.74, 6) is 0.138. The van der Waals surface area contributed by atoms with E-state index in [1.165, 1.54) is 32.1 Å². The normalized spacial score (nSPS) is 19.1. The maximum atomic E-state index is 11.0.